The topological polar surface area (TPSA) is 71.0 Å². The Morgan fingerprint density at radius 3 is 2.83 bits per heavy atom. The normalized spacial score (nSPS) is 13.9. The van der Waals surface area contributed by atoms with Crippen molar-refractivity contribution in [3.8, 4) is 11.3 Å². The van der Waals surface area contributed by atoms with Crippen LogP contribution >= 0.6 is 11.3 Å². The highest BCUT2D eigenvalue weighted by atomic mass is 32.1. The number of para-hydroxylation sites is 1. The maximum Gasteiger partial charge on any atom is 0.258 e. The Morgan fingerprint density at radius 1 is 1.17 bits per heavy atom. The minimum Gasteiger partial charge on any atom is -0.298 e. The molecule has 0 fully saturated rings. The van der Waals surface area contributed by atoms with Crippen molar-refractivity contribution in [1.82, 2.24) is 19.9 Å². The van der Waals surface area contributed by atoms with Gasteiger partial charge in [0, 0.05) is 47.7 Å². The fourth-order valence-corrected chi connectivity index (χ4v) is 4.82. The summed E-state index contributed by atoms with van der Waals surface area (Å²) in [5.41, 5.74) is 4.16. The molecule has 0 atom stereocenters. The number of hydrogen-bond donors (Lipinski definition) is 1. The van der Waals surface area contributed by atoms with E-state index in [0.29, 0.717) is 10.7 Å². The molecule has 0 spiro atoms. The Kier molecular flexibility index (Phi) is 4.98. The van der Waals surface area contributed by atoms with Crippen molar-refractivity contribution in [2.24, 2.45) is 0 Å². The van der Waals surface area contributed by atoms with Crippen LogP contribution in [0.2, 0.25) is 0 Å². The number of likely N-dealkylation sites (N-methyl/N-ethyl adjacent to an activating group) is 1. The van der Waals surface area contributed by atoms with Gasteiger partial charge in [0.2, 0.25) is 0 Å². The molecule has 0 saturated carbocycles. The maximum absolute atomic E-state index is 13.2. The largest absolute Gasteiger partial charge is 0.298 e. The quantitative estimate of drug-likeness (QED) is 0.535. The van der Waals surface area contributed by atoms with Gasteiger partial charge in [0.15, 0.2) is 5.13 Å². The van der Waals surface area contributed by atoms with Crippen molar-refractivity contribution in [2.45, 2.75) is 19.9 Å². The molecule has 1 aromatic carbocycles. The predicted octanol–water partition coefficient (Wildman–Crippen LogP) is 4.38. The van der Waals surface area contributed by atoms with Crippen LogP contribution in [0.15, 0.2) is 54.9 Å². The molecule has 5 rings (SSSR count). The third-order valence-corrected chi connectivity index (χ3v) is 6.41. The Bertz CT molecular complexity index is 1220. The number of nitrogens with zero attached hydrogens (tertiary/aromatic N) is 4. The molecule has 0 saturated heterocycles. The van der Waals surface area contributed by atoms with E-state index in [-0.39, 0.29) is 5.91 Å². The van der Waals surface area contributed by atoms with Crippen molar-refractivity contribution >= 4 is 33.3 Å². The molecular weight excluding hydrogens is 394 g/mol. The molecule has 1 aliphatic rings. The summed E-state index contributed by atoms with van der Waals surface area (Å²) in [6, 6.07) is 13.4. The van der Waals surface area contributed by atoms with Gasteiger partial charge in [-0.15, -0.1) is 11.3 Å². The van der Waals surface area contributed by atoms with E-state index >= 15 is 0 Å². The zero-order valence-corrected chi connectivity index (χ0v) is 17.4. The number of pyridine rings is 2. The van der Waals surface area contributed by atoms with Crippen molar-refractivity contribution < 1.29 is 4.79 Å². The van der Waals surface area contributed by atoms with Gasteiger partial charge in [-0.25, -0.2) is 9.97 Å². The molecule has 0 unspecified atom stereocenters. The molecule has 1 amide bonds. The predicted molar refractivity (Wildman–Crippen MR) is 120 cm³/mol. The van der Waals surface area contributed by atoms with Gasteiger partial charge in [0.1, 0.15) is 0 Å². The fraction of sp³-hybridized carbons (Fsp3) is 0.217. The lowest BCUT2D eigenvalue weighted by Crippen LogP contribution is -2.29. The maximum atomic E-state index is 13.2. The summed E-state index contributed by atoms with van der Waals surface area (Å²) < 4.78 is 0. The molecular formula is C23H21N5OS. The number of amides is 1. The van der Waals surface area contributed by atoms with Gasteiger partial charge in [-0.05, 0) is 30.8 Å². The van der Waals surface area contributed by atoms with E-state index in [4.69, 9.17) is 4.98 Å². The highest BCUT2D eigenvalue weighted by Gasteiger charge is 2.21. The summed E-state index contributed by atoms with van der Waals surface area (Å²) in [6.07, 6.45) is 4.39. The second-order valence-corrected chi connectivity index (χ2v) is 8.35. The molecule has 0 radical (unpaired) electrons. The van der Waals surface area contributed by atoms with Gasteiger partial charge in [-0.1, -0.05) is 25.1 Å². The average molecular weight is 416 g/mol. The molecule has 4 aromatic rings. The van der Waals surface area contributed by atoms with E-state index < -0.39 is 0 Å². The molecule has 1 N–H and O–H groups in total. The monoisotopic (exact) mass is 415 g/mol. The van der Waals surface area contributed by atoms with Crippen molar-refractivity contribution in [3.05, 3.63) is 71.0 Å². The van der Waals surface area contributed by atoms with Crippen molar-refractivity contribution in [2.75, 3.05) is 18.4 Å². The minimum absolute atomic E-state index is 0.164. The van der Waals surface area contributed by atoms with Crippen LogP contribution < -0.4 is 5.32 Å². The lowest BCUT2D eigenvalue weighted by molar-refractivity contribution is 0.102. The summed E-state index contributed by atoms with van der Waals surface area (Å²) in [4.78, 5) is 30.4. The summed E-state index contributed by atoms with van der Waals surface area (Å²) in [5, 5.41) is 4.52. The van der Waals surface area contributed by atoms with Crippen LogP contribution in [-0.4, -0.2) is 38.8 Å². The Labute approximate surface area is 178 Å². The summed E-state index contributed by atoms with van der Waals surface area (Å²) in [7, 11) is 0. The standard InChI is InChI=1S/C23H21N5OS/c1-2-28-12-9-19-21(14-28)30-23(26-19)27-22(29)17-13-20(15-7-10-24-11-8-15)25-18-6-4-3-5-16(17)18/h3-8,10-11,13H,2,9,12,14H2,1H3,(H,26,27,29). The van der Waals surface area contributed by atoms with Crippen molar-refractivity contribution in [3.63, 3.8) is 0 Å². The lowest BCUT2D eigenvalue weighted by atomic mass is 10.0. The van der Waals surface area contributed by atoms with Gasteiger partial charge >= 0.3 is 0 Å². The Balaban J connectivity index is 1.50. The molecule has 0 aliphatic carbocycles. The number of benzene rings is 1. The van der Waals surface area contributed by atoms with Crippen LogP contribution in [0.1, 0.15) is 27.9 Å². The Hall–Kier alpha value is -3.16. The highest BCUT2D eigenvalue weighted by molar-refractivity contribution is 7.15. The van der Waals surface area contributed by atoms with Crippen LogP contribution in [0.3, 0.4) is 0 Å². The van der Waals surface area contributed by atoms with Crippen molar-refractivity contribution in [1.29, 1.82) is 0 Å². The number of fused-ring (bicyclic) bond motifs is 2. The molecule has 6 nitrogen and oxygen atoms in total. The smallest absolute Gasteiger partial charge is 0.258 e. The average Bonchev–Trinajstić information content (AvgIpc) is 3.20. The SMILES string of the molecule is CCN1CCc2nc(NC(=O)c3cc(-c4ccncc4)nc4ccccc34)sc2C1. The number of anilines is 1. The number of carbonyl (C=O) groups excluding carboxylic acids is 1. The van der Waals surface area contributed by atoms with Gasteiger partial charge < -0.3 is 0 Å². The van der Waals surface area contributed by atoms with Gasteiger partial charge in [0.25, 0.3) is 5.91 Å². The van der Waals surface area contributed by atoms with Crippen LogP contribution in [0.25, 0.3) is 22.2 Å². The number of thiazole rings is 1. The van der Waals surface area contributed by atoms with E-state index in [2.05, 4.69) is 27.1 Å². The molecule has 30 heavy (non-hydrogen) atoms. The fourth-order valence-electron chi connectivity index (χ4n) is 3.77. The summed E-state index contributed by atoms with van der Waals surface area (Å²) in [5.74, 6) is -0.164. The number of aromatic nitrogens is 3. The minimum atomic E-state index is -0.164. The Morgan fingerprint density at radius 2 is 2.00 bits per heavy atom. The van der Waals surface area contributed by atoms with E-state index in [1.165, 1.54) is 4.88 Å². The first-order chi connectivity index (χ1) is 14.7. The summed E-state index contributed by atoms with van der Waals surface area (Å²) >= 11 is 1.57. The molecule has 4 heterocycles. The van der Waals surface area contributed by atoms with E-state index in [9.17, 15) is 4.79 Å². The van der Waals surface area contributed by atoms with E-state index in [1.807, 2.05) is 42.5 Å². The first-order valence-corrected chi connectivity index (χ1v) is 10.9. The summed E-state index contributed by atoms with van der Waals surface area (Å²) in [6.45, 7) is 5.12. The van der Waals surface area contributed by atoms with Crippen LogP contribution in [0.4, 0.5) is 5.13 Å². The molecule has 7 heteroatoms. The number of hydrogen-bond acceptors (Lipinski definition) is 6. The van der Waals surface area contributed by atoms with Crippen LogP contribution in [0, 0.1) is 0 Å². The number of nitrogens with one attached hydrogen (secondary N) is 1. The third-order valence-electron chi connectivity index (χ3n) is 5.41. The molecule has 1 aliphatic heterocycles. The van der Waals surface area contributed by atoms with Gasteiger partial charge in [-0.2, -0.15) is 0 Å². The first-order valence-electron chi connectivity index (χ1n) is 10.0. The second-order valence-electron chi connectivity index (χ2n) is 7.27. The zero-order chi connectivity index (χ0) is 20.5. The third kappa shape index (κ3) is 3.58. The highest BCUT2D eigenvalue weighted by Crippen LogP contribution is 2.30. The van der Waals surface area contributed by atoms with Gasteiger partial charge in [-0.3, -0.25) is 20.0 Å². The lowest BCUT2D eigenvalue weighted by Gasteiger charge is -2.23. The number of carbonyl (C=O) groups is 1. The first kappa shape index (κ1) is 18.8. The number of rotatable bonds is 4. The van der Waals surface area contributed by atoms with Gasteiger partial charge in [0.05, 0.1) is 22.5 Å². The van der Waals surface area contributed by atoms with Crippen LogP contribution in [-0.2, 0) is 13.0 Å². The molecule has 150 valence electrons. The molecule has 3 aromatic heterocycles. The molecule has 0 bridgehead atoms. The van der Waals surface area contributed by atoms with E-state index in [0.717, 1.165) is 53.9 Å². The van der Waals surface area contributed by atoms with Crippen LogP contribution in [0.5, 0.6) is 0 Å². The zero-order valence-electron chi connectivity index (χ0n) is 16.6. The van der Waals surface area contributed by atoms with E-state index in [1.54, 1.807) is 23.7 Å². The second kappa shape index (κ2) is 7.93.